The minimum Gasteiger partial charge on any atom is -0.477 e. The van der Waals surface area contributed by atoms with E-state index in [2.05, 4.69) is 20.8 Å². The number of nitrogens with one attached hydrogen (secondary N) is 1. The molecule has 0 bridgehead atoms. The molecule has 0 aromatic carbocycles. The van der Waals surface area contributed by atoms with Gasteiger partial charge in [-0.25, -0.2) is 9.48 Å². The lowest BCUT2D eigenvalue weighted by Crippen LogP contribution is -2.70. The molecular weight excluding hydrogens is 478 g/mol. The second-order valence-corrected chi connectivity index (χ2v) is 9.92. The van der Waals surface area contributed by atoms with Gasteiger partial charge in [0.05, 0.1) is 6.42 Å². The van der Waals surface area contributed by atoms with Crippen molar-refractivity contribution in [2.24, 2.45) is 5.73 Å². The molecule has 32 heavy (non-hydrogen) atoms. The predicted octanol–water partition coefficient (Wildman–Crippen LogP) is -0.707. The third kappa shape index (κ3) is 4.49. The van der Waals surface area contributed by atoms with Gasteiger partial charge in [-0.15, -0.1) is 28.2 Å². The van der Waals surface area contributed by atoms with Crippen LogP contribution in [0, 0.1) is 0 Å². The van der Waals surface area contributed by atoms with E-state index in [4.69, 9.17) is 5.73 Å². The summed E-state index contributed by atoms with van der Waals surface area (Å²) in [7, 11) is 0. The Bertz CT molecular complexity index is 1100. The van der Waals surface area contributed by atoms with Crippen LogP contribution >= 0.6 is 34.9 Å². The number of tetrazole rings is 1. The predicted molar refractivity (Wildman–Crippen MR) is 115 cm³/mol. The molecule has 2 aliphatic heterocycles. The Morgan fingerprint density at radius 1 is 1.38 bits per heavy atom. The Morgan fingerprint density at radius 3 is 2.88 bits per heavy atom. The van der Waals surface area contributed by atoms with E-state index in [0.717, 1.165) is 16.6 Å². The first-order valence-corrected chi connectivity index (χ1v) is 12.2. The van der Waals surface area contributed by atoms with E-state index in [1.54, 1.807) is 0 Å². The van der Waals surface area contributed by atoms with Crippen molar-refractivity contribution >= 4 is 58.6 Å². The van der Waals surface area contributed by atoms with Crippen LogP contribution in [0.25, 0.3) is 0 Å². The zero-order valence-corrected chi connectivity index (χ0v) is 18.8. The summed E-state index contributed by atoms with van der Waals surface area (Å²) in [5.41, 5.74) is 5.59. The van der Waals surface area contributed by atoms with Crippen LogP contribution in [-0.4, -0.2) is 76.8 Å². The van der Waals surface area contributed by atoms with Crippen molar-refractivity contribution < 1.29 is 24.3 Å². The van der Waals surface area contributed by atoms with E-state index in [1.165, 1.54) is 32.7 Å². The number of hydrogen-bond donors (Lipinski definition) is 3. The summed E-state index contributed by atoms with van der Waals surface area (Å²) in [6, 6.07) is 2.92. The molecule has 0 aliphatic carbocycles. The highest BCUT2D eigenvalue weighted by Gasteiger charge is 2.54. The summed E-state index contributed by atoms with van der Waals surface area (Å²) in [6.07, 6.45) is 0.169. The van der Waals surface area contributed by atoms with Gasteiger partial charge in [-0.05, 0) is 27.4 Å². The van der Waals surface area contributed by atoms with Gasteiger partial charge >= 0.3 is 5.97 Å². The van der Waals surface area contributed by atoms with Gasteiger partial charge in [-0.3, -0.25) is 19.3 Å². The maximum atomic E-state index is 12.7. The molecule has 1 saturated heterocycles. The van der Waals surface area contributed by atoms with Gasteiger partial charge in [0, 0.05) is 16.4 Å². The molecular formula is C17H17N7O5S3. The number of thiophene rings is 1. The van der Waals surface area contributed by atoms with Gasteiger partial charge in [0.15, 0.2) is 0 Å². The summed E-state index contributed by atoms with van der Waals surface area (Å²) >= 11 is 3.98. The Labute approximate surface area is 193 Å². The number of nitrogens with two attached hydrogens (primary N) is 1. The van der Waals surface area contributed by atoms with Crippen LogP contribution in [-0.2, 0) is 32.1 Å². The van der Waals surface area contributed by atoms with Crippen LogP contribution in [0.5, 0.6) is 0 Å². The standard InChI is InChI=1S/C17H17N7O5S3/c18-10(25)5-23-17(20-21-22-23)32-7-8-6-31-15-12(14(27)24(15)13(8)16(28)29)19-11(26)4-9-2-1-3-30-9/h1-3,12,15H,4-7H2,(H2,18,25)(H,19,26)(H,28,29)/t12?,15-/m1/s1. The topological polar surface area (TPSA) is 173 Å². The average Bonchev–Trinajstić information content (AvgIpc) is 3.41. The maximum Gasteiger partial charge on any atom is 0.352 e. The molecule has 4 rings (SSSR count). The average molecular weight is 496 g/mol. The number of nitrogens with zero attached hydrogens (tertiary/aromatic N) is 5. The lowest BCUT2D eigenvalue weighted by molar-refractivity contribution is -0.150. The number of β-lactam (4-membered cyclic amide) rings is 1. The van der Waals surface area contributed by atoms with Crippen LogP contribution in [0.3, 0.4) is 0 Å². The number of carbonyl (C=O) groups excluding carboxylic acids is 3. The molecule has 4 N–H and O–H groups in total. The molecule has 4 heterocycles. The fourth-order valence-corrected chi connectivity index (χ4v) is 6.35. The Hall–Kier alpha value is -2.91. The minimum absolute atomic E-state index is 0.0936. The molecule has 3 amide bonds. The van der Waals surface area contributed by atoms with Gasteiger partial charge < -0.3 is 16.2 Å². The third-order valence-corrected chi connectivity index (χ3v) is 7.92. The molecule has 2 aromatic heterocycles. The van der Waals surface area contributed by atoms with Crippen LogP contribution in [0.1, 0.15) is 4.88 Å². The Balaban J connectivity index is 1.44. The van der Waals surface area contributed by atoms with Crippen molar-refractivity contribution in [3.63, 3.8) is 0 Å². The number of primary amides is 1. The molecule has 0 radical (unpaired) electrons. The Kier molecular flexibility index (Phi) is 6.48. The van der Waals surface area contributed by atoms with Crippen LogP contribution in [0.2, 0.25) is 0 Å². The number of aliphatic carboxylic acids is 1. The number of amides is 3. The molecule has 0 saturated carbocycles. The highest BCUT2D eigenvalue weighted by Crippen LogP contribution is 2.41. The molecule has 168 valence electrons. The number of carboxylic acid groups (broad SMARTS) is 1. The quantitative estimate of drug-likeness (QED) is 0.298. The lowest BCUT2D eigenvalue weighted by atomic mass is 10.0. The zero-order chi connectivity index (χ0) is 22.8. The summed E-state index contributed by atoms with van der Waals surface area (Å²) in [5, 5.41) is 25.2. The monoisotopic (exact) mass is 495 g/mol. The second-order valence-electron chi connectivity index (χ2n) is 6.84. The molecule has 1 fully saturated rings. The first-order valence-electron chi connectivity index (χ1n) is 9.24. The molecule has 2 aliphatic rings. The van der Waals surface area contributed by atoms with Gasteiger partial charge in [0.25, 0.3) is 5.91 Å². The van der Waals surface area contributed by atoms with Crippen molar-refractivity contribution in [2.75, 3.05) is 11.5 Å². The van der Waals surface area contributed by atoms with Gasteiger partial charge in [-0.2, -0.15) is 0 Å². The van der Waals surface area contributed by atoms with Gasteiger partial charge in [-0.1, -0.05) is 17.8 Å². The van der Waals surface area contributed by atoms with E-state index in [9.17, 15) is 24.3 Å². The van der Waals surface area contributed by atoms with Gasteiger partial charge in [0.2, 0.25) is 17.0 Å². The number of aromatic nitrogens is 4. The largest absolute Gasteiger partial charge is 0.477 e. The normalized spacial score (nSPS) is 20.0. The number of fused-ring (bicyclic) bond motifs is 1. The van der Waals surface area contributed by atoms with Crippen LogP contribution in [0.4, 0.5) is 0 Å². The van der Waals surface area contributed by atoms with Crippen molar-refractivity contribution in [3.05, 3.63) is 33.7 Å². The first kappa shape index (κ1) is 22.3. The van der Waals surface area contributed by atoms with Crippen molar-refractivity contribution in [1.82, 2.24) is 30.4 Å². The van der Waals surface area contributed by atoms with E-state index in [1.807, 2.05) is 17.5 Å². The molecule has 2 aromatic rings. The third-order valence-electron chi connectivity index (χ3n) is 4.66. The number of hydrogen-bond acceptors (Lipinski definition) is 10. The van der Waals surface area contributed by atoms with Crippen molar-refractivity contribution in [3.8, 4) is 0 Å². The van der Waals surface area contributed by atoms with E-state index in [-0.39, 0.29) is 30.3 Å². The summed E-state index contributed by atoms with van der Waals surface area (Å²) in [6.45, 7) is -0.200. The first-order chi connectivity index (χ1) is 15.3. The molecule has 0 spiro atoms. The van der Waals surface area contributed by atoms with E-state index >= 15 is 0 Å². The fraction of sp³-hybridized carbons (Fsp3) is 0.353. The van der Waals surface area contributed by atoms with Crippen molar-refractivity contribution in [2.45, 2.75) is 29.5 Å². The van der Waals surface area contributed by atoms with Crippen LogP contribution in [0.15, 0.2) is 33.9 Å². The van der Waals surface area contributed by atoms with Gasteiger partial charge in [0.1, 0.15) is 23.7 Å². The summed E-state index contributed by atoms with van der Waals surface area (Å²) < 4.78 is 1.22. The number of thioether (sulfide) groups is 2. The fourth-order valence-electron chi connectivity index (χ4n) is 3.29. The number of rotatable bonds is 9. The number of carbonyl (C=O) groups is 4. The summed E-state index contributed by atoms with van der Waals surface area (Å²) in [4.78, 5) is 50.2. The van der Waals surface area contributed by atoms with E-state index < -0.39 is 29.2 Å². The smallest absolute Gasteiger partial charge is 0.352 e. The minimum atomic E-state index is -1.22. The maximum absolute atomic E-state index is 12.7. The Morgan fingerprint density at radius 2 is 2.19 bits per heavy atom. The van der Waals surface area contributed by atoms with Crippen molar-refractivity contribution in [1.29, 1.82) is 0 Å². The highest BCUT2D eigenvalue weighted by molar-refractivity contribution is 8.01. The highest BCUT2D eigenvalue weighted by atomic mass is 32.2. The van der Waals surface area contributed by atoms with E-state index in [0.29, 0.717) is 16.5 Å². The van der Waals surface area contributed by atoms with Crippen LogP contribution < -0.4 is 11.1 Å². The molecule has 12 nitrogen and oxygen atoms in total. The summed E-state index contributed by atoms with van der Waals surface area (Å²) in [5.74, 6) is -2.01. The lowest BCUT2D eigenvalue weighted by Gasteiger charge is -2.49. The SMILES string of the molecule is NC(=O)Cn1nnnc1SCC1=C(C(=O)O)N2C(=O)C(NC(=O)Cc3cccs3)[C@H]2SC1. The zero-order valence-electron chi connectivity index (χ0n) is 16.3. The number of carboxylic acids is 1. The molecule has 2 atom stereocenters. The molecule has 1 unspecified atom stereocenters. The molecule has 15 heteroatoms. The second kappa shape index (κ2) is 9.30.